The van der Waals surface area contributed by atoms with Gasteiger partial charge in [0.05, 0.1) is 17.1 Å². The number of aromatic nitrogens is 4. The summed E-state index contributed by atoms with van der Waals surface area (Å²) in [5, 5.41) is 11.7. The van der Waals surface area contributed by atoms with Crippen LogP contribution in [0.3, 0.4) is 0 Å². The molecular formula is C23H29N5O2. The largest absolute Gasteiger partial charge is 0.326 e. The molecule has 0 bridgehead atoms. The molecule has 0 radical (unpaired) electrons. The van der Waals surface area contributed by atoms with Gasteiger partial charge in [-0.2, -0.15) is 10.2 Å². The lowest BCUT2D eigenvalue weighted by molar-refractivity contribution is -0.116. The van der Waals surface area contributed by atoms with Crippen LogP contribution in [-0.2, 0) is 4.79 Å². The summed E-state index contributed by atoms with van der Waals surface area (Å²) in [6, 6.07) is 9.73. The first-order chi connectivity index (χ1) is 14.2. The fourth-order valence-corrected chi connectivity index (χ4v) is 3.56. The maximum Gasteiger partial charge on any atom is 0.247 e. The third kappa shape index (κ3) is 5.03. The zero-order chi connectivity index (χ0) is 21.8. The standard InChI is InChI=1S/C23H29N5O2/c1-15-10-11-20(14-21(15)27-18(4)12-16(2)25-27)24-22(29)8-6-7-9-23(30)28-19(5)13-17(3)26-28/h10-14H,6-9H2,1-5H3,(H,24,29). The van der Waals surface area contributed by atoms with Crippen molar-refractivity contribution >= 4 is 17.5 Å². The third-order valence-corrected chi connectivity index (χ3v) is 5.02. The van der Waals surface area contributed by atoms with E-state index in [4.69, 9.17) is 0 Å². The fourth-order valence-electron chi connectivity index (χ4n) is 3.56. The average Bonchev–Trinajstić information content (AvgIpc) is 3.20. The average molecular weight is 408 g/mol. The molecule has 0 spiro atoms. The van der Waals surface area contributed by atoms with Crippen LogP contribution in [0.2, 0.25) is 0 Å². The van der Waals surface area contributed by atoms with E-state index in [0.29, 0.717) is 25.7 Å². The van der Waals surface area contributed by atoms with Crippen molar-refractivity contribution in [2.24, 2.45) is 0 Å². The summed E-state index contributed by atoms with van der Waals surface area (Å²) >= 11 is 0. The van der Waals surface area contributed by atoms with Crippen molar-refractivity contribution in [3.05, 3.63) is 58.7 Å². The predicted octanol–water partition coefficient (Wildman–Crippen LogP) is 4.45. The third-order valence-electron chi connectivity index (χ3n) is 5.02. The molecule has 0 saturated carbocycles. The molecule has 0 unspecified atom stereocenters. The van der Waals surface area contributed by atoms with Crippen LogP contribution in [0.25, 0.3) is 5.69 Å². The molecule has 0 aliphatic heterocycles. The number of hydrogen-bond acceptors (Lipinski definition) is 4. The van der Waals surface area contributed by atoms with Crippen LogP contribution < -0.4 is 5.32 Å². The molecule has 0 atom stereocenters. The molecule has 1 amide bonds. The topological polar surface area (TPSA) is 81.8 Å². The van der Waals surface area contributed by atoms with Crippen molar-refractivity contribution < 1.29 is 9.59 Å². The maximum absolute atomic E-state index is 12.4. The van der Waals surface area contributed by atoms with Gasteiger partial charge in [0.1, 0.15) is 0 Å². The van der Waals surface area contributed by atoms with Crippen molar-refractivity contribution in [1.29, 1.82) is 0 Å². The first kappa shape index (κ1) is 21.5. The Morgan fingerprint density at radius 1 is 0.867 bits per heavy atom. The van der Waals surface area contributed by atoms with Gasteiger partial charge in [0.15, 0.2) is 0 Å². The Bertz CT molecular complexity index is 1080. The zero-order valence-corrected chi connectivity index (χ0v) is 18.3. The number of unbranched alkanes of at least 4 members (excludes halogenated alkanes) is 1. The van der Waals surface area contributed by atoms with E-state index in [-0.39, 0.29) is 11.8 Å². The molecule has 0 aliphatic rings. The second kappa shape index (κ2) is 9.07. The van der Waals surface area contributed by atoms with Gasteiger partial charge in [-0.05, 0) is 77.3 Å². The van der Waals surface area contributed by atoms with E-state index in [2.05, 4.69) is 15.5 Å². The molecule has 3 rings (SSSR count). The van der Waals surface area contributed by atoms with Gasteiger partial charge in [-0.1, -0.05) is 6.07 Å². The van der Waals surface area contributed by atoms with Crippen molar-refractivity contribution in [2.75, 3.05) is 5.32 Å². The number of benzene rings is 1. The van der Waals surface area contributed by atoms with Crippen LogP contribution in [-0.4, -0.2) is 31.4 Å². The van der Waals surface area contributed by atoms with Gasteiger partial charge in [-0.15, -0.1) is 0 Å². The van der Waals surface area contributed by atoms with Gasteiger partial charge in [0, 0.05) is 29.9 Å². The van der Waals surface area contributed by atoms with E-state index < -0.39 is 0 Å². The van der Waals surface area contributed by atoms with E-state index in [1.54, 1.807) is 0 Å². The lowest BCUT2D eigenvalue weighted by atomic mass is 10.1. The number of rotatable bonds is 7. The maximum atomic E-state index is 12.4. The highest BCUT2D eigenvalue weighted by Crippen LogP contribution is 2.21. The SMILES string of the molecule is Cc1cc(C)n(C(=O)CCCCC(=O)Nc2ccc(C)c(-n3nc(C)cc3C)c2)n1. The number of hydrogen-bond donors (Lipinski definition) is 1. The molecule has 30 heavy (non-hydrogen) atoms. The highest BCUT2D eigenvalue weighted by molar-refractivity contribution is 5.91. The van der Waals surface area contributed by atoms with Gasteiger partial charge in [0.25, 0.3) is 0 Å². The smallest absolute Gasteiger partial charge is 0.247 e. The number of amides is 1. The summed E-state index contributed by atoms with van der Waals surface area (Å²) in [4.78, 5) is 24.6. The van der Waals surface area contributed by atoms with E-state index in [0.717, 1.165) is 39.7 Å². The lowest BCUT2D eigenvalue weighted by Gasteiger charge is -2.12. The Labute approximate surface area is 177 Å². The van der Waals surface area contributed by atoms with Crippen molar-refractivity contribution in [2.45, 2.75) is 60.3 Å². The number of nitrogens with one attached hydrogen (secondary N) is 1. The Morgan fingerprint density at radius 3 is 2.17 bits per heavy atom. The molecule has 3 aromatic rings. The monoisotopic (exact) mass is 407 g/mol. The van der Waals surface area contributed by atoms with E-state index in [1.165, 1.54) is 4.68 Å². The van der Waals surface area contributed by atoms with Crippen molar-refractivity contribution in [1.82, 2.24) is 19.6 Å². The van der Waals surface area contributed by atoms with Crippen molar-refractivity contribution in [3.63, 3.8) is 0 Å². The summed E-state index contributed by atoms with van der Waals surface area (Å²) in [5.74, 6) is -0.0918. The van der Waals surface area contributed by atoms with Crippen LogP contribution in [0.15, 0.2) is 30.3 Å². The second-order valence-electron chi connectivity index (χ2n) is 7.83. The fraction of sp³-hybridized carbons (Fsp3) is 0.391. The van der Waals surface area contributed by atoms with Gasteiger partial charge < -0.3 is 5.32 Å². The summed E-state index contributed by atoms with van der Waals surface area (Å²) < 4.78 is 3.34. The molecule has 158 valence electrons. The minimum atomic E-state index is -0.0586. The minimum absolute atomic E-state index is 0.0333. The molecule has 0 saturated heterocycles. The van der Waals surface area contributed by atoms with Crippen LogP contribution in [0.5, 0.6) is 0 Å². The highest BCUT2D eigenvalue weighted by Gasteiger charge is 2.12. The molecule has 0 fully saturated rings. The van der Waals surface area contributed by atoms with Crippen LogP contribution in [0.4, 0.5) is 5.69 Å². The molecular weight excluding hydrogens is 378 g/mol. The zero-order valence-electron chi connectivity index (χ0n) is 18.3. The Kier molecular flexibility index (Phi) is 6.50. The molecule has 2 aromatic heterocycles. The number of anilines is 1. The minimum Gasteiger partial charge on any atom is -0.326 e. The first-order valence-corrected chi connectivity index (χ1v) is 10.2. The lowest BCUT2D eigenvalue weighted by Crippen LogP contribution is -2.15. The van der Waals surface area contributed by atoms with Gasteiger partial charge >= 0.3 is 0 Å². The van der Waals surface area contributed by atoms with E-state index in [1.807, 2.05) is 69.6 Å². The van der Waals surface area contributed by atoms with Crippen molar-refractivity contribution in [3.8, 4) is 5.69 Å². The van der Waals surface area contributed by atoms with Gasteiger partial charge in [0.2, 0.25) is 11.8 Å². The summed E-state index contributed by atoms with van der Waals surface area (Å²) in [6.45, 7) is 9.74. The van der Waals surface area contributed by atoms with Crippen LogP contribution >= 0.6 is 0 Å². The summed E-state index contributed by atoms with van der Waals surface area (Å²) in [7, 11) is 0. The second-order valence-corrected chi connectivity index (χ2v) is 7.83. The van der Waals surface area contributed by atoms with Gasteiger partial charge in [-0.25, -0.2) is 9.36 Å². The predicted molar refractivity (Wildman–Crippen MR) is 117 cm³/mol. The molecule has 7 heteroatoms. The number of aryl methyl sites for hydroxylation is 5. The van der Waals surface area contributed by atoms with E-state index in [9.17, 15) is 9.59 Å². The van der Waals surface area contributed by atoms with Crippen LogP contribution in [0, 0.1) is 34.6 Å². The Morgan fingerprint density at radius 2 is 1.53 bits per heavy atom. The van der Waals surface area contributed by atoms with Crippen LogP contribution in [0.1, 0.15) is 58.8 Å². The molecule has 1 N–H and O–H groups in total. The number of carbonyl (C=O) groups is 2. The molecule has 1 aromatic carbocycles. The number of nitrogens with zero attached hydrogens (tertiary/aromatic N) is 4. The van der Waals surface area contributed by atoms with Gasteiger partial charge in [-0.3, -0.25) is 9.59 Å². The molecule has 2 heterocycles. The summed E-state index contributed by atoms with van der Waals surface area (Å²) in [6.07, 6.45) is 2.04. The normalized spacial score (nSPS) is 11.0. The summed E-state index contributed by atoms with van der Waals surface area (Å²) in [5.41, 5.74) is 6.46. The Balaban J connectivity index is 1.53. The van der Waals surface area contributed by atoms with E-state index >= 15 is 0 Å². The molecule has 7 nitrogen and oxygen atoms in total. The molecule has 0 aliphatic carbocycles. The Hall–Kier alpha value is -3.22. The number of carbonyl (C=O) groups excluding carboxylic acids is 2. The quantitative estimate of drug-likeness (QED) is 0.587. The first-order valence-electron chi connectivity index (χ1n) is 10.2. The highest BCUT2D eigenvalue weighted by atomic mass is 16.2.